The maximum absolute atomic E-state index is 11.3. The van der Waals surface area contributed by atoms with E-state index in [0.717, 1.165) is 0 Å². The van der Waals surface area contributed by atoms with Crippen LogP contribution in [-0.4, -0.2) is 20.8 Å². The van der Waals surface area contributed by atoms with Crippen LogP contribution in [0.15, 0.2) is 35.2 Å². The Kier molecular flexibility index (Phi) is 2.52. The summed E-state index contributed by atoms with van der Waals surface area (Å²) >= 11 is 0. The zero-order chi connectivity index (χ0) is 11.9. The average Bonchev–Trinajstić information content (AvgIpc) is 2.16. The molecule has 0 aliphatic heterocycles. The minimum atomic E-state index is -4.21. The molecule has 5 heteroatoms. The molecule has 0 fully saturated rings. The van der Waals surface area contributed by atoms with Crippen LogP contribution in [0.5, 0.6) is 0 Å². The largest absolute Gasteiger partial charge is 0.295 e. The van der Waals surface area contributed by atoms with Crippen LogP contribution in [0.4, 0.5) is 0 Å². The number of fused-ring (bicyclic) bond motifs is 1. The van der Waals surface area contributed by atoms with Crippen molar-refractivity contribution in [3.63, 3.8) is 0 Å². The molecule has 0 amide bonds. The lowest BCUT2D eigenvalue weighted by Crippen LogP contribution is -2.05. The van der Waals surface area contributed by atoms with E-state index < -0.39 is 10.1 Å². The molecule has 1 N–H and O–H groups in total. The van der Waals surface area contributed by atoms with E-state index in [1.807, 2.05) is 0 Å². The van der Waals surface area contributed by atoms with Crippen LogP contribution in [0.3, 0.4) is 0 Å². The van der Waals surface area contributed by atoms with Crippen molar-refractivity contribution in [2.45, 2.75) is 11.8 Å². The fourth-order valence-corrected chi connectivity index (χ4v) is 2.71. The maximum atomic E-state index is 11.3. The topological polar surface area (TPSA) is 54.4 Å². The summed E-state index contributed by atoms with van der Waals surface area (Å²) in [6.07, 6.45) is 0. The van der Waals surface area contributed by atoms with E-state index in [0.29, 0.717) is 21.8 Å². The highest BCUT2D eigenvalue weighted by Gasteiger charge is 2.16. The number of hydrogen-bond donors (Lipinski definition) is 1. The minimum Gasteiger partial charge on any atom is -0.282 e. The normalized spacial score (nSPS) is 11.9. The lowest BCUT2D eigenvalue weighted by Gasteiger charge is -2.08. The highest BCUT2D eigenvalue weighted by Crippen LogP contribution is 2.25. The van der Waals surface area contributed by atoms with E-state index in [9.17, 15) is 13.0 Å². The predicted molar refractivity (Wildman–Crippen MR) is 63.9 cm³/mol. The van der Waals surface area contributed by atoms with Gasteiger partial charge in [0.05, 0.1) is 0 Å². The first kappa shape index (κ1) is 11.2. The first-order chi connectivity index (χ1) is 7.39. The van der Waals surface area contributed by atoms with Crippen LogP contribution >= 0.6 is 0 Å². The molecule has 0 saturated carbocycles. The molecule has 2 aromatic rings. The molecule has 2 aromatic carbocycles. The zero-order valence-corrected chi connectivity index (χ0v) is 9.45. The molecule has 0 aliphatic rings. The fraction of sp³-hybridized carbons (Fsp3) is 0.0909. The van der Waals surface area contributed by atoms with Crippen molar-refractivity contribution >= 4 is 34.2 Å². The summed E-state index contributed by atoms with van der Waals surface area (Å²) in [6.45, 7) is 1.64. The van der Waals surface area contributed by atoms with Crippen LogP contribution in [0.2, 0.25) is 0 Å². The third-order valence-corrected chi connectivity index (χ3v) is 3.51. The molecule has 0 unspecified atom stereocenters. The second-order valence-corrected chi connectivity index (χ2v) is 5.03. The highest BCUT2D eigenvalue weighted by molar-refractivity contribution is 7.86. The van der Waals surface area contributed by atoms with Crippen molar-refractivity contribution in [2.75, 3.05) is 0 Å². The van der Waals surface area contributed by atoms with E-state index in [1.165, 1.54) is 0 Å². The lowest BCUT2D eigenvalue weighted by molar-refractivity contribution is 0.483. The van der Waals surface area contributed by atoms with Gasteiger partial charge in [-0.25, -0.2) is 0 Å². The molecule has 0 aromatic heterocycles. The molecule has 2 radical (unpaired) electrons. The van der Waals surface area contributed by atoms with Gasteiger partial charge in [0.25, 0.3) is 10.1 Å². The molecular formula is C11H9BO3S. The van der Waals surface area contributed by atoms with E-state index in [1.54, 1.807) is 37.3 Å². The van der Waals surface area contributed by atoms with Crippen LogP contribution in [-0.2, 0) is 10.1 Å². The van der Waals surface area contributed by atoms with Gasteiger partial charge in [-0.05, 0) is 17.9 Å². The molecule has 0 aliphatic carbocycles. The molecule has 2 rings (SSSR count). The molecule has 0 heterocycles. The third-order valence-electron chi connectivity index (χ3n) is 2.45. The van der Waals surface area contributed by atoms with Gasteiger partial charge in [0.2, 0.25) is 0 Å². The van der Waals surface area contributed by atoms with Gasteiger partial charge in [0, 0.05) is 5.39 Å². The van der Waals surface area contributed by atoms with Gasteiger partial charge in [-0.1, -0.05) is 35.8 Å². The fourth-order valence-electron chi connectivity index (χ4n) is 1.77. The summed E-state index contributed by atoms with van der Waals surface area (Å²) in [6, 6.07) is 8.29. The Hall–Kier alpha value is -1.33. The Morgan fingerprint density at radius 3 is 2.50 bits per heavy atom. The maximum Gasteiger partial charge on any atom is 0.295 e. The number of aryl methyl sites for hydroxylation is 1. The minimum absolute atomic E-state index is 0.0509. The molecule has 80 valence electrons. The summed E-state index contributed by atoms with van der Waals surface area (Å²) in [5, 5.41) is 1.18. The van der Waals surface area contributed by atoms with Gasteiger partial charge in [-0.3, -0.25) is 4.55 Å². The van der Waals surface area contributed by atoms with Gasteiger partial charge in [-0.15, -0.1) is 0 Å². The number of hydrogen-bond acceptors (Lipinski definition) is 2. The van der Waals surface area contributed by atoms with Crippen LogP contribution in [0.1, 0.15) is 5.56 Å². The van der Waals surface area contributed by atoms with Crippen LogP contribution in [0.25, 0.3) is 10.8 Å². The average molecular weight is 232 g/mol. The smallest absolute Gasteiger partial charge is 0.282 e. The Balaban J connectivity index is 2.97. The van der Waals surface area contributed by atoms with Crippen molar-refractivity contribution in [3.05, 3.63) is 35.9 Å². The molecule has 0 spiro atoms. The second kappa shape index (κ2) is 3.61. The van der Waals surface area contributed by atoms with Gasteiger partial charge < -0.3 is 0 Å². The van der Waals surface area contributed by atoms with E-state index in [-0.39, 0.29) is 4.90 Å². The van der Waals surface area contributed by atoms with Crippen molar-refractivity contribution in [1.82, 2.24) is 0 Å². The Labute approximate surface area is 95.3 Å². The van der Waals surface area contributed by atoms with Crippen molar-refractivity contribution < 1.29 is 13.0 Å². The second-order valence-electron chi connectivity index (χ2n) is 3.67. The number of benzene rings is 2. The van der Waals surface area contributed by atoms with Gasteiger partial charge in [0.1, 0.15) is 12.7 Å². The summed E-state index contributed by atoms with van der Waals surface area (Å²) in [7, 11) is 1.40. The van der Waals surface area contributed by atoms with Gasteiger partial charge in [0.15, 0.2) is 0 Å². The van der Waals surface area contributed by atoms with Gasteiger partial charge >= 0.3 is 0 Å². The van der Waals surface area contributed by atoms with Crippen LogP contribution in [0, 0.1) is 6.92 Å². The standard InChI is InChI=1S/C11H9BO3S/c1-7-2-3-8-6-9(12)4-5-10(8)11(7)16(13,14)15/h2-6H,1H3,(H,13,14,15). The van der Waals surface area contributed by atoms with E-state index in [2.05, 4.69) is 0 Å². The summed E-state index contributed by atoms with van der Waals surface area (Å²) in [5.74, 6) is 0. The summed E-state index contributed by atoms with van der Waals surface area (Å²) in [4.78, 5) is -0.0509. The monoisotopic (exact) mass is 232 g/mol. The zero-order valence-electron chi connectivity index (χ0n) is 8.64. The molecule has 3 nitrogen and oxygen atoms in total. The molecule has 0 bridgehead atoms. The Morgan fingerprint density at radius 1 is 1.19 bits per heavy atom. The molecular weight excluding hydrogens is 223 g/mol. The highest BCUT2D eigenvalue weighted by atomic mass is 32.2. The molecule has 0 atom stereocenters. The van der Waals surface area contributed by atoms with Crippen molar-refractivity contribution in [2.24, 2.45) is 0 Å². The van der Waals surface area contributed by atoms with Gasteiger partial charge in [-0.2, -0.15) is 8.42 Å². The molecule has 16 heavy (non-hydrogen) atoms. The van der Waals surface area contributed by atoms with Crippen molar-refractivity contribution in [1.29, 1.82) is 0 Å². The first-order valence-corrected chi connectivity index (χ1v) is 6.10. The first-order valence-electron chi connectivity index (χ1n) is 4.66. The third kappa shape index (κ3) is 1.84. The summed E-state index contributed by atoms with van der Waals surface area (Å²) in [5.41, 5.74) is 1.07. The lowest BCUT2D eigenvalue weighted by atomic mass is 9.93. The Bertz CT molecular complexity index is 662. The SMILES string of the molecule is [B]c1ccc2c(S(=O)(=O)O)c(C)ccc2c1. The van der Waals surface area contributed by atoms with E-state index in [4.69, 9.17) is 7.85 Å². The Morgan fingerprint density at radius 2 is 1.88 bits per heavy atom. The quantitative estimate of drug-likeness (QED) is 0.593. The van der Waals surface area contributed by atoms with E-state index >= 15 is 0 Å². The number of rotatable bonds is 1. The summed E-state index contributed by atoms with van der Waals surface area (Å²) < 4.78 is 31.7. The van der Waals surface area contributed by atoms with Crippen LogP contribution < -0.4 is 5.46 Å². The van der Waals surface area contributed by atoms with Crippen molar-refractivity contribution in [3.8, 4) is 0 Å². The predicted octanol–water partition coefficient (Wildman–Crippen LogP) is 1.19. The molecule has 0 saturated heterocycles.